The molecule has 1 aliphatic rings. The van der Waals surface area contributed by atoms with Crippen LogP contribution in [0, 0.1) is 13.8 Å². The first-order chi connectivity index (χ1) is 18.7. The number of carbonyl (C=O) groups excluding carboxylic acids is 3. The largest absolute Gasteiger partial charge is 0.490 e. The second kappa shape index (κ2) is 12.4. The number of para-hydroxylation sites is 1. The molecule has 3 aromatic rings. The fraction of sp³-hybridized carbons (Fsp3) is 0.207. The van der Waals surface area contributed by atoms with Crippen molar-refractivity contribution in [1.29, 1.82) is 0 Å². The molecule has 1 fully saturated rings. The summed E-state index contributed by atoms with van der Waals surface area (Å²) < 4.78 is 18.3. The number of urea groups is 1. The molecule has 0 spiro atoms. The van der Waals surface area contributed by atoms with Crippen molar-refractivity contribution in [3.05, 3.63) is 86.4 Å². The summed E-state index contributed by atoms with van der Waals surface area (Å²) in [4.78, 5) is 39.2. The molecule has 3 aromatic carbocycles. The number of benzene rings is 3. The van der Waals surface area contributed by atoms with Gasteiger partial charge in [-0.2, -0.15) is 0 Å². The lowest BCUT2D eigenvalue weighted by atomic mass is 10.1. The van der Waals surface area contributed by atoms with Crippen LogP contribution in [0.25, 0.3) is 6.08 Å². The number of halogens is 2. The van der Waals surface area contributed by atoms with E-state index in [1.165, 1.54) is 6.08 Å². The minimum atomic E-state index is -0.829. The molecule has 39 heavy (non-hydrogen) atoms. The van der Waals surface area contributed by atoms with E-state index in [0.29, 0.717) is 29.4 Å². The van der Waals surface area contributed by atoms with Crippen molar-refractivity contribution >= 4 is 57.1 Å². The Hall–Kier alpha value is -3.82. The van der Waals surface area contributed by atoms with Crippen molar-refractivity contribution in [2.24, 2.45) is 0 Å². The quantitative estimate of drug-likeness (QED) is 0.174. The minimum Gasteiger partial charge on any atom is -0.490 e. The molecule has 1 N–H and O–H groups in total. The average molecular weight is 614 g/mol. The van der Waals surface area contributed by atoms with E-state index >= 15 is 0 Å². The van der Waals surface area contributed by atoms with Gasteiger partial charge >= 0.3 is 6.03 Å². The average Bonchev–Trinajstić information content (AvgIpc) is 2.88. The zero-order valence-electron chi connectivity index (χ0n) is 21.5. The number of nitrogens with one attached hydrogen (secondary N) is 1. The molecule has 1 heterocycles. The number of anilines is 1. The summed E-state index contributed by atoms with van der Waals surface area (Å²) in [6, 6.07) is 14.8. The predicted molar refractivity (Wildman–Crippen MR) is 153 cm³/mol. The third-order valence-corrected chi connectivity index (χ3v) is 6.62. The molecular weight excluding hydrogens is 588 g/mol. The Morgan fingerprint density at radius 2 is 1.56 bits per heavy atom. The van der Waals surface area contributed by atoms with E-state index < -0.39 is 17.8 Å². The highest BCUT2D eigenvalue weighted by Crippen LogP contribution is 2.38. The Bertz CT molecular complexity index is 1430. The second-order valence-electron chi connectivity index (χ2n) is 8.62. The standard InChI is InChI=1S/C29H26BrClN2O6/c1-4-37-24-16-19(15-23(31)26(24)39-13-12-38-25-17(2)6-5-7-18(25)3)14-22-27(34)32-29(36)33(28(22)35)21-10-8-20(30)9-11-21/h5-11,14-16H,4,12-13H2,1-3H3,(H,32,34,36)/b22-14-. The van der Waals surface area contributed by atoms with Crippen molar-refractivity contribution < 1.29 is 28.6 Å². The summed E-state index contributed by atoms with van der Waals surface area (Å²) in [5.74, 6) is -0.101. The first kappa shape index (κ1) is 28.2. The number of hydrogen-bond acceptors (Lipinski definition) is 6. The van der Waals surface area contributed by atoms with Crippen LogP contribution in [0.15, 0.2) is 64.6 Å². The van der Waals surface area contributed by atoms with Crippen LogP contribution in [-0.2, 0) is 9.59 Å². The summed E-state index contributed by atoms with van der Waals surface area (Å²) >= 11 is 9.86. The summed E-state index contributed by atoms with van der Waals surface area (Å²) in [6.07, 6.45) is 1.36. The number of nitrogens with zero attached hydrogens (tertiary/aromatic N) is 1. The highest BCUT2D eigenvalue weighted by Gasteiger charge is 2.36. The maximum atomic E-state index is 13.2. The Morgan fingerprint density at radius 3 is 2.21 bits per heavy atom. The van der Waals surface area contributed by atoms with Gasteiger partial charge in [-0.05, 0) is 79.9 Å². The van der Waals surface area contributed by atoms with Gasteiger partial charge in [-0.1, -0.05) is 45.7 Å². The summed E-state index contributed by atoms with van der Waals surface area (Å²) in [7, 11) is 0. The third-order valence-electron chi connectivity index (χ3n) is 5.81. The molecular formula is C29H26BrClN2O6. The van der Waals surface area contributed by atoms with Crippen LogP contribution in [0.5, 0.6) is 17.2 Å². The lowest BCUT2D eigenvalue weighted by molar-refractivity contribution is -0.122. The Morgan fingerprint density at radius 1 is 0.923 bits per heavy atom. The van der Waals surface area contributed by atoms with Crippen LogP contribution in [0.4, 0.5) is 10.5 Å². The first-order valence-corrected chi connectivity index (χ1v) is 13.3. The molecule has 1 aliphatic heterocycles. The number of aryl methyl sites for hydroxylation is 2. The second-order valence-corrected chi connectivity index (χ2v) is 9.94. The zero-order chi connectivity index (χ0) is 28.1. The highest BCUT2D eigenvalue weighted by atomic mass is 79.9. The zero-order valence-corrected chi connectivity index (χ0v) is 23.9. The van der Waals surface area contributed by atoms with Crippen molar-refractivity contribution in [1.82, 2.24) is 5.32 Å². The number of rotatable bonds is 9. The van der Waals surface area contributed by atoms with Gasteiger partial charge in [-0.15, -0.1) is 0 Å². The van der Waals surface area contributed by atoms with Crippen molar-refractivity contribution in [3.63, 3.8) is 0 Å². The van der Waals surface area contributed by atoms with Crippen molar-refractivity contribution in [2.75, 3.05) is 24.7 Å². The van der Waals surface area contributed by atoms with E-state index in [1.807, 2.05) is 39.0 Å². The van der Waals surface area contributed by atoms with Crippen molar-refractivity contribution in [2.45, 2.75) is 20.8 Å². The Labute approximate surface area is 239 Å². The molecule has 0 radical (unpaired) electrons. The predicted octanol–water partition coefficient (Wildman–Crippen LogP) is 6.24. The molecule has 1 saturated heterocycles. The smallest absolute Gasteiger partial charge is 0.335 e. The SMILES string of the molecule is CCOc1cc(/C=C2/C(=O)NC(=O)N(c3ccc(Br)cc3)C2=O)cc(Cl)c1OCCOc1c(C)cccc1C. The van der Waals surface area contributed by atoms with Crippen LogP contribution in [-0.4, -0.2) is 37.7 Å². The van der Waals surface area contributed by atoms with E-state index in [4.69, 9.17) is 25.8 Å². The number of ether oxygens (including phenoxy) is 3. The van der Waals surface area contributed by atoms with E-state index in [9.17, 15) is 14.4 Å². The molecule has 4 rings (SSSR count). The van der Waals surface area contributed by atoms with Gasteiger partial charge in [0, 0.05) is 4.47 Å². The van der Waals surface area contributed by atoms with E-state index in [2.05, 4.69) is 21.2 Å². The van der Waals surface area contributed by atoms with Crippen LogP contribution in [0.2, 0.25) is 5.02 Å². The van der Waals surface area contributed by atoms with Crippen LogP contribution in [0.3, 0.4) is 0 Å². The fourth-order valence-electron chi connectivity index (χ4n) is 4.04. The number of hydrogen-bond donors (Lipinski definition) is 1. The van der Waals surface area contributed by atoms with E-state index in [0.717, 1.165) is 26.2 Å². The third kappa shape index (κ3) is 6.43. The summed E-state index contributed by atoms with van der Waals surface area (Å²) in [5, 5.41) is 2.44. The topological polar surface area (TPSA) is 94.2 Å². The normalized spacial score (nSPS) is 14.4. The van der Waals surface area contributed by atoms with Gasteiger partial charge in [0.25, 0.3) is 11.8 Å². The molecule has 0 bridgehead atoms. The van der Waals surface area contributed by atoms with Gasteiger partial charge in [-0.25, -0.2) is 9.69 Å². The number of carbonyl (C=O) groups is 3. The maximum absolute atomic E-state index is 13.2. The lowest BCUT2D eigenvalue weighted by Gasteiger charge is -2.26. The Balaban J connectivity index is 1.55. The maximum Gasteiger partial charge on any atom is 0.335 e. The van der Waals surface area contributed by atoms with Gasteiger partial charge in [0.2, 0.25) is 0 Å². The molecule has 202 valence electrons. The van der Waals surface area contributed by atoms with E-state index in [-0.39, 0.29) is 23.8 Å². The van der Waals surface area contributed by atoms with Gasteiger partial charge in [-0.3, -0.25) is 14.9 Å². The van der Waals surface area contributed by atoms with E-state index in [1.54, 1.807) is 36.4 Å². The van der Waals surface area contributed by atoms with Gasteiger partial charge in [0.05, 0.1) is 17.3 Å². The van der Waals surface area contributed by atoms with Crippen LogP contribution >= 0.6 is 27.5 Å². The molecule has 0 aromatic heterocycles. The number of barbiturate groups is 1. The lowest BCUT2D eigenvalue weighted by Crippen LogP contribution is -2.54. The molecule has 10 heteroatoms. The van der Waals surface area contributed by atoms with Crippen molar-refractivity contribution in [3.8, 4) is 17.2 Å². The highest BCUT2D eigenvalue weighted by molar-refractivity contribution is 9.10. The Kier molecular flexibility index (Phi) is 8.93. The summed E-state index contributed by atoms with van der Waals surface area (Å²) in [5.41, 5.74) is 2.57. The fourth-order valence-corrected chi connectivity index (χ4v) is 4.58. The molecule has 0 saturated carbocycles. The number of imide groups is 2. The monoisotopic (exact) mass is 612 g/mol. The van der Waals surface area contributed by atoms with Gasteiger partial charge < -0.3 is 14.2 Å². The minimum absolute atomic E-state index is 0.207. The van der Waals surface area contributed by atoms with Gasteiger partial charge in [0.1, 0.15) is 24.5 Å². The first-order valence-electron chi connectivity index (χ1n) is 12.1. The van der Waals surface area contributed by atoms with Crippen LogP contribution in [0.1, 0.15) is 23.6 Å². The molecule has 0 aliphatic carbocycles. The van der Waals surface area contributed by atoms with Crippen LogP contribution < -0.4 is 24.4 Å². The van der Waals surface area contributed by atoms with Gasteiger partial charge in [0.15, 0.2) is 11.5 Å². The molecule has 4 amide bonds. The molecule has 8 nitrogen and oxygen atoms in total. The molecule has 0 unspecified atom stereocenters. The number of amides is 4. The molecule has 0 atom stereocenters. The summed E-state index contributed by atoms with van der Waals surface area (Å²) in [6.45, 7) is 6.59.